The average Bonchev–Trinajstić information content (AvgIpc) is 2.65. The van der Waals surface area contributed by atoms with Crippen LogP contribution in [0.3, 0.4) is 0 Å². The summed E-state index contributed by atoms with van der Waals surface area (Å²) in [7, 11) is 0. The highest BCUT2D eigenvalue weighted by Gasteiger charge is 2.16. The third-order valence-corrected chi connectivity index (χ3v) is 4.18. The van der Waals surface area contributed by atoms with Crippen molar-refractivity contribution in [3.05, 3.63) is 59.2 Å². The summed E-state index contributed by atoms with van der Waals surface area (Å²) < 4.78 is 11.2. The Morgan fingerprint density at radius 3 is 2.21 bits per heavy atom. The first-order chi connectivity index (χ1) is 13.3. The fourth-order valence-electron chi connectivity index (χ4n) is 2.53. The highest BCUT2D eigenvalue weighted by Crippen LogP contribution is 2.27. The van der Waals surface area contributed by atoms with Crippen LogP contribution in [0.1, 0.15) is 43.4 Å². The van der Waals surface area contributed by atoms with Gasteiger partial charge in [0.05, 0.1) is 0 Å². The summed E-state index contributed by atoms with van der Waals surface area (Å²) in [5.74, 6) is 0.633. The normalized spacial score (nSPS) is 11.6. The van der Waals surface area contributed by atoms with Gasteiger partial charge in [-0.25, -0.2) is 0 Å². The molecule has 2 aromatic carbocycles. The Labute approximate surface area is 166 Å². The Kier molecular flexibility index (Phi) is 7.44. The molecule has 2 rings (SSSR count). The van der Waals surface area contributed by atoms with E-state index < -0.39 is 17.9 Å². The minimum absolute atomic E-state index is 0.198. The van der Waals surface area contributed by atoms with E-state index in [1.165, 1.54) is 0 Å². The summed E-state index contributed by atoms with van der Waals surface area (Å²) in [6.07, 6.45) is -0.756. The number of nitrogens with one attached hydrogen (secondary N) is 2. The van der Waals surface area contributed by atoms with E-state index >= 15 is 0 Å². The first kappa shape index (κ1) is 21.3. The summed E-state index contributed by atoms with van der Waals surface area (Å²) in [6.45, 7) is 9.47. The first-order valence-corrected chi connectivity index (χ1v) is 9.31. The second-order valence-corrected chi connectivity index (χ2v) is 7.10. The highest BCUT2D eigenvalue weighted by atomic mass is 16.5. The largest absolute Gasteiger partial charge is 0.483 e. The summed E-state index contributed by atoms with van der Waals surface area (Å²) in [6, 6.07) is 13.3. The average molecular weight is 384 g/mol. The molecule has 0 unspecified atom stereocenters. The number of ether oxygens (including phenoxy) is 2. The smallest absolute Gasteiger partial charge is 0.279 e. The van der Waals surface area contributed by atoms with Crippen LogP contribution in [-0.4, -0.2) is 24.5 Å². The van der Waals surface area contributed by atoms with Gasteiger partial charge in [-0.2, -0.15) is 0 Å². The van der Waals surface area contributed by atoms with Crippen LogP contribution in [0.15, 0.2) is 42.5 Å². The monoisotopic (exact) mass is 384 g/mol. The molecular weight excluding hydrogens is 356 g/mol. The van der Waals surface area contributed by atoms with E-state index in [4.69, 9.17) is 9.47 Å². The van der Waals surface area contributed by atoms with Crippen molar-refractivity contribution in [2.45, 2.75) is 46.6 Å². The number of hydrogen-bond acceptors (Lipinski definition) is 4. The molecule has 6 heteroatoms. The molecule has 2 N–H and O–H groups in total. The standard InChI is InChI=1S/C22H28N2O4/c1-14(2)19-11-8-16(4)12-20(19)27-13-21(25)23-24-22(26)17(5)28-18-9-6-15(3)7-10-18/h6-12,14,17H,13H2,1-5H3,(H,23,25)(H,24,26)/t17-/m0/s1. The molecular formula is C22H28N2O4. The molecule has 0 aromatic heterocycles. The molecule has 0 spiro atoms. The van der Waals surface area contributed by atoms with Crippen LogP contribution >= 0.6 is 0 Å². The van der Waals surface area contributed by atoms with Crippen LogP contribution in [-0.2, 0) is 9.59 Å². The molecule has 0 radical (unpaired) electrons. The summed E-state index contributed by atoms with van der Waals surface area (Å²) in [5, 5.41) is 0. The number of rotatable bonds is 7. The Morgan fingerprint density at radius 2 is 1.57 bits per heavy atom. The first-order valence-electron chi connectivity index (χ1n) is 9.31. The number of amides is 2. The number of hydrazine groups is 1. The Morgan fingerprint density at radius 1 is 0.929 bits per heavy atom. The zero-order chi connectivity index (χ0) is 20.7. The van der Waals surface area contributed by atoms with Crippen molar-refractivity contribution < 1.29 is 19.1 Å². The van der Waals surface area contributed by atoms with Crippen LogP contribution in [0.25, 0.3) is 0 Å². The lowest BCUT2D eigenvalue weighted by Gasteiger charge is -2.16. The van der Waals surface area contributed by atoms with E-state index in [2.05, 4.69) is 24.7 Å². The minimum Gasteiger partial charge on any atom is -0.483 e. The zero-order valence-electron chi connectivity index (χ0n) is 17.0. The van der Waals surface area contributed by atoms with Crippen molar-refractivity contribution >= 4 is 11.8 Å². The van der Waals surface area contributed by atoms with Crippen LogP contribution < -0.4 is 20.3 Å². The molecule has 0 saturated carbocycles. The number of aryl methyl sites for hydroxylation is 2. The van der Waals surface area contributed by atoms with Gasteiger partial charge in [-0.15, -0.1) is 0 Å². The number of benzene rings is 2. The van der Waals surface area contributed by atoms with Gasteiger partial charge < -0.3 is 9.47 Å². The highest BCUT2D eigenvalue weighted by molar-refractivity contribution is 5.85. The summed E-state index contributed by atoms with van der Waals surface area (Å²) >= 11 is 0. The maximum atomic E-state index is 12.1. The predicted octanol–water partition coefficient (Wildman–Crippen LogP) is 3.42. The van der Waals surface area contributed by atoms with Crippen molar-refractivity contribution in [3.63, 3.8) is 0 Å². The zero-order valence-corrected chi connectivity index (χ0v) is 17.0. The summed E-state index contributed by atoms with van der Waals surface area (Å²) in [4.78, 5) is 24.1. The molecule has 0 fully saturated rings. The van der Waals surface area contributed by atoms with E-state index in [0.29, 0.717) is 11.5 Å². The predicted molar refractivity (Wildman–Crippen MR) is 108 cm³/mol. The molecule has 0 bridgehead atoms. The second-order valence-electron chi connectivity index (χ2n) is 7.10. The van der Waals surface area contributed by atoms with Gasteiger partial charge in [-0.1, -0.05) is 43.7 Å². The maximum absolute atomic E-state index is 12.1. The van der Waals surface area contributed by atoms with Crippen molar-refractivity contribution in [1.82, 2.24) is 10.9 Å². The lowest BCUT2D eigenvalue weighted by molar-refractivity contribution is -0.133. The molecule has 0 aliphatic rings. The maximum Gasteiger partial charge on any atom is 0.279 e. The lowest BCUT2D eigenvalue weighted by atomic mass is 10.0. The van der Waals surface area contributed by atoms with Crippen molar-refractivity contribution in [1.29, 1.82) is 0 Å². The van der Waals surface area contributed by atoms with E-state index in [0.717, 1.165) is 16.7 Å². The lowest BCUT2D eigenvalue weighted by Crippen LogP contribution is -2.48. The van der Waals surface area contributed by atoms with Crippen molar-refractivity contribution in [3.8, 4) is 11.5 Å². The second kappa shape index (κ2) is 9.78. The van der Waals surface area contributed by atoms with Crippen LogP contribution in [0.5, 0.6) is 11.5 Å². The van der Waals surface area contributed by atoms with E-state index in [1.54, 1.807) is 19.1 Å². The van der Waals surface area contributed by atoms with Gasteiger partial charge in [0.25, 0.3) is 11.8 Å². The quantitative estimate of drug-likeness (QED) is 0.717. The van der Waals surface area contributed by atoms with Gasteiger partial charge in [0.2, 0.25) is 0 Å². The molecule has 2 amide bonds. The van der Waals surface area contributed by atoms with Gasteiger partial charge in [0, 0.05) is 0 Å². The van der Waals surface area contributed by atoms with Crippen LogP contribution in [0.2, 0.25) is 0 Å². The topological polar surface area (TPSA) is 76.7 Å². The molecule has 1 atom stereocenters. The van der Waals surface area contributed by atoms with Gasteiger partial charge in [-0.3, -0.25) is 20.4 Å². The fraction of sp³-hybridized carbons (Fsp3) is 0.364. The fourth-order valence-corrected chi connectivity index (χ4v) is 2.53. The number of carbonyl (C=O) groups is 2. The molecule has 28 heavy (non-hydrogen) atoms. The van der Waals surface area contributed by atoms with Gasteiger partial charge >= 0.3 is 0 Å². The van der Waals surface area contributed by atoms with Gasteiger partial charge in [0.15, 0.2) is 12.7 Å². The number of hydrogen-bond donors (Lipinski definition) is 2. The van der Waals surface area contributed by atoms with Gasteiger partial charge in [0.1, 0.15) is 11.5 Å². The van der Waals surface area contributed by atoms with Crippen molar-refractivity contribution in [2.75, 3.05) is 6.61 Å². The Bertz CT molecular complexity index is 816. The van der Waals surface area contributed by atoms with E-state index in [-0.39, 0.29) is 12.5 Å². The Balaban J connectivity index is 1.81. The minimum atomic E-state index is -0.756. The molecule has 0 aliphatic heterocycles. The number of carbonyl (C=O) groups excluding carboxylic acids is 2. The van der Waals surface area contributed by atoms with Crippen LogP contribution in [0, 0.1) is 13.8 Å². The van der Waals surface area contributed by atoms with Gasteiger partial charge in [-0.05, 0) is 56.0 Å². The molecule has 6 nitrogen and oxygen atoms in total. The van der Waals surface area contributed by atoms with E-state index in [9.17, 15) is 9.59 Å². The third-order valence-electron chi connectivity index (χ3n) is 4.18. The molecule has 0 heterocycles. The molecule has 0 aliphatic carbocycles. The Hall–Kier alpha value is -3.02. The molecule has 150 valence electrons. The SMILES string of the molecule is Cc1ccc(O[C@@H](C)C(=O)NNC(=O)COc2cc(C)ccc2C(C)C)cc1. The van der Waals surface area contributed by atoms with Crippen molar-refractivity contribution in [2.24, 2.45) is 0 Å². The molecule has 2 aromatic rings. The summed E-state index contributed by atoms with van der Waals surface area (Å²) in [5.41, 5.74) is 7.89. The molecule has 0 saturated heterocycles. The third kappa shape index (κ3) is 6.30. The van der Waals surface area contributed by atoms with Crippen LogP contribution in [0.4, 0.5) is 0 Å². The van der Waals surface area contributed by atoms with E-state index in [1.807, 2.05) is 44.2 Å².